The SMILES string of the molecule is N#CC1(NC2CC2)CCCC(n2ccc(C(F)(F)F)n2)C1. The molecule has 0 aliphatic heterocycles. The summed E-state index contributed by atoms with van der Waals surface area (Å²) in [5.74, 6) is 0. The van der Waals surface area contributed by atoms with E-state index in [1.165, 1.54) is 10.9 Å². The molecule has 1 aromatic rings. The topological polar surface area (TPSA) is 53.6 Å². The van der Waals surface area contributed by atoms with E-state index < -0.39 is 17.4 Å². The summed E-state index contributed by atoms with van der Waals surface area (Å²) < 4.78 is 39.3. The summed E-state index contributed by atoms with van der Waals surface area (Å²) in [4.78, 5) is 0. The first-order valence-electron chi connectivity index (χ1n) is 7.23. The zero-order valence-electron chi connectivity index (χ0n) is 11.5. The summed E-state index contributed by atoms with van der Waals surface area (Å²) in [6, 6.07) is 3.59. The maximum absolute atomic E-state index is 12.6. The van der Waals surface area contributed by atoms with Gasteiger partial charge in [-0.1, -0.05) is 0 Å². The maximum atomic E-state index is 12.6. The number of nitrogens with one attached hydrogen (secondary N) is 1. The van der Waals surface area contributed by atoms with Crippen LogP contribution in [-0.4, -0.2) is 21.4 Å². The highest BCUT2D eigenvalue weighted by Gasteiger charge is 2.42. The van der Waals surface area contributed by atoms with Gasteiger partial charge in [0.05, 0.1) is 12.1 Å². The van der Waals surface area contributed by atoms with Crippen molar-refractivity contribution in [2.75, 3.05) is 0 Å². The van der Waals surface area contributed by atoms with E-state index in [9.17, 15) is 18.4 Å². The highest BCUT2D eigenvalue weighted by molar-refractivity contribution is 5.13. The van der Waals surface area contributed by atoms with Crippen LogP contribution >= 0.6 is 0 Å². The first-order chi connectivity index (χ1) is 9.92. The highest BCUT2D eigenvalue weighted by Crippen LogP contribution is 2.38. The van der Waals surface area contributed by atoms with Gasteiger partial charge in [0.1, 0.15) is 5.54 Å². The van der Waals surface area contributed by atoms with Crippen LogP contribution in [0.3, 0.4) is 0 Å². The Morgan fingerprint density at radius 2 is 2.14 bits per heavy atom. The molecule has 1 aromatic heterocycles. The van der Waals surface area contributed by atoms with Gasteiger partial charge < -0.3 is 0 Å². The van der Waals surface area contributed by atoms with Crippen molar-refractivity contribution in [1.29, 1.82) is 5.26 Å². The van der Waals surface area contributed by atoms with E-state index in [1.54, 1.807) is 0 Å². The van der Waals surface area contributed by atoms with Crippen molar-refractivity contribution < 1.29 is 13.2 Å². The first-order valence-corrected chi connectivity index (χ1v) is 7.23. The summed E-state index contributed by atoms with van der Waals surface area (Å²) >= 11 is 0. The van der Waals surface area contributed by atoms with E-state index in [2.05, 4.69) is 16.5 Å². The Hall–Kier alpha value is -1.55. The van der Waals surface area contributed by atoms with Gasteiger partial charge in [-0.25, -0.2) is 0 Å². The zero-order valence-corrected chi connectivity index (χ0v) is 11.5. The molecule has 4 nitrogen and oxygen atoms in total. The quantitative estimate of drug-likeness (QED) is 0.933. The highest BCUT2D eigenvalue weighted by atomic mass is 19.4. The van der Waals surface area contributed by atoms with Crippen molar-refractivity contribution in [2.24, 2.45) is 0 Å². The molecule has 2 aliphatic carbocycles. The molecule has 7 heteroatoms. The van der Waals surface area contributed by atoms with Crippen molar-refractivity contribution in [3.05, 3.63) is 18.0 Å². The summed E-state index contributed by atoms with van der Waals surface area (Å²) in [5.41, 5.74) is -1.49. The predicted molar refractivity (Wildman–Crippen MR) is 69.2 cm³/mol. The van der Waals surface area contributed by atoms with Gasteiger partial charge in [-0.3, -0.25) is 10.00 Å². The lowest BCUT2D eigenvalue weighted by Gasteiger charge is -2.36. The van der Waals surface area contributed by atoms with E-state index in [0.717, 1.165) is 38.2 Å². The molecular weight excluding hydrogens is 281 g/mol. The Balaban J connectivity index is 1.76. The fraction of sp³-hybridized carbons (Fsp3) is 0.714. The molecule has 2 unspecified atom stereocenters. The van der Waals surface area contributed by atoms with Crippen LogP contribution in [0, 0.1) is 11.3 Å². The van der Waals surface area contributed by atoms with Crippen LogP contribution in [0.1, 0.15) is 50.3 Å². The fourth-order valence-electron chi connectivity index (χ4n) is 3.05. The van der Waals surface area contributed by atoms with Gasteiger partial charge in [0.2, 0.25) is 0 Å². The van der Waals surface area contributed by atoms with Gasteiger partial charge in [0.25, 0.3) is 0 Å². The third-order valence-corrected chi connectivity index (χ3v) is 4.27. The van der Waals surface area contributed by atoms with E-state index in [0.29, 0.717) is 12.5 Å². The molecule has 21 heavy (non-hydrogen) atoms. The standard InChI is InChI=1S/C14H17F3N4/c15-14(16,17)12-5-7-21(20-12)11-2-1-6-13(8-11,9-18)19-10-3-4-10/h5,7,10-11,19H,1-4,6,8H2. The van der Waals surface area contributed by atoms with Crippen LogP contribution in [-0.2, 0) is 6.18 Å². The third-order valence-electron chi connectivity index (χ3n) is 4.27. The second-order valence-corrected chi connectivity index (χ2v) is 6.04. The summed E-state index contributed by atoms with van der Waals surface area (Å²) in [5, 5.41) is 16.5. The lowest BCUT2D eigenvalue weighted by atomic mass is 9.80. The van der Waals surface area contributed by atoms with Gasteiger partial charge in [0.15, 0.2) is 5.69 Å². The van der Waals surface area contributed by atoms with E-state index in [1.807, 2.05) is 0 Å². The summed E-state index contributed by atoms with van der Waals surface area (Å²) in [6.45, 7) is 0. The minimum Gasteiger partial charge on any atom is -0.297 e. The molecule has 0 saturated heterocycles. The van der Waals surface area contributed by atoms with Crippen molar-refractivity contribution in [3.63, 3.8) is 0 Å². The van der Waals surface area contributed by atoms with Gasteiger partial charge in [-0.05, 0) is 38.2 Å². The minimum atomic E-state index is -4.42. The van der Waals surface area contributed by atoms with Crippen molar-refractivity contribution >= 4 is 0 Å². The van der Waals surface area contributed by atoms with Crippen LogP contribution in [0.5, 0.6) is 0 Å². The second-order valence-electron chi connectivity index (χ2n) is 6.04. The number of nitrogens with zero attached hydrogens (tertiary/aromatic N) is 3. The third kappa shape index (κ3) is 3.05. The largest absolute Gasteiger partial charge is 0.435 e. The van der Waals surface area contributed by atoms with E-state index >= 15 is 0 Å². The van der Waals surface area contributed by atoms with Crippen LogP contribution < -0.4 is 5.32 Å². The Morgan fingerprint density at radius 1 is 1.38 bits per heavy atom. The van der Waals surface area contributed by atoms with Gasteiger partial charge in [-0.2, -0.15) is 23.5 Å². The predicted octanol–water partition coefficient (Wildman–Crippen LogP) is 3.03. The molecule has 1 N–H and O–H groups in total. The number of aromatic nitrogens is 2. The molecule has 2 atom stereocenters. The lowest BCUT2D eigenvalue weighted by molar-refractivity contribution is -0.141. The molecule has 0 bridgehead atoms. The molecule has 2 fully saturated rings. The van der Waals surface area contributed by atoms with Crippen molar-refractivity contribution in [3.8, 4) is 6.07 Å². The molecule has 0 spiro atoms. The number of rotatable bonds is 3. The Bertz CT molecular complexity index is 555. The molecule has 114 valence electrons. The van der Waals surface area contributed by atoms with Gasteiger partial charge >= 0.3 is 6.18 Å². The van der Waals surface area contributed by atoms with Gasteiger partial charge in [-0.15, -0.1) is 0 Å². The monoisotopic (exact) mass is 298 g/mol. The second kappa shape index (κ2) is 5.02. The number of hydrogen-bond acceptors (Lipinski definition) is 3. The van der Waals surface area contributed by atoms with E-state index in [-0.39, 0.29) is 6.04 Å². The Labute approximate surface area is 120 Å². The summed E-state index contributed by atoms with van der Waals surface area (Å²) in [6.07, 6.45) is 1.95. The minimum absolute atomic E-state index is 0.152. The average molecular weight is 298 g/mol. The molecule has 2 saturated carbocycles. The van der Waals surface area contributed by atoms with Crippen LogP contribution in [0.4, 0.5) is 13.2 Å². The number of alkyl halides is 3. The van der Waals surface area contributed by atoms with Crippen molar-refractivity contribution in [1.82, 2.24) is 15.1 Å². The molecular formula is C14H17F3N4. The van der Waals surface area contributed by atoms with Crippen LogP contribution in [0.15, 0.2) is 12.3 Å². The van der Waals surface area contributed by atoms with E-state index in [4.69, 9.17) is 0 Å². The zero-order chi connectivity index (χ0) is 15.1. The first kappa shape index (κ1) is 14.4. The maximum Gasteiger partial charge on any atom is 0.435 e. The molecule has 0 amide bonds. The molecule has 0 radical (unpaired) electrons. The Kier molecular flexibility index (Phi) is 3.44. The normalized spacial score (nSPS) is 30.1. The average Bonchev–Trinajstić information content (AvgIpc) is 3.08. The number of hydrogen-bond donors (Lipinski definition) is 1. The molecule has 2 aliphatic rings. The molecule has 3 rings (SSSR count). The van der Waals surface area contributed by atoms with Gasteiger partial charge in [0, 0.05) is 18.7 Å². The van der Waals surface area contributed by atoms with Crippen LogP contribution in [0.25, 0.3) is 0 Å². The van der Waals surface area contributed by atoms with Crippen LogP contribution in [0.2, 0.25) is 0 Å². The molecule has 1 heterocycles. The number of nitriles is 1. The van der Waals surface area contributed by atoms with Crippen molar-refractivity contribution in [2.45, 2.75) is 62.3 Å². The lowest BCUT2D eigenvalue weighted by Crippen LogP contribution is -2.49. The fourth-order valence-corrected chi connectivity index (χ4v) is 3.05. The smallest absolute Gasteiger partial charge is 0.297 e. The number of halogens is 3. The Morgan fingerprint density at radius 3 is 2.71 bits per heavy atom. The molecule has 0 aromatic carbocycles. The summed E-state index contributed by atoms with van der Waals surface area (Å²) in [7, 11) is 0.